The number of sulfonamides is 1. The van der Waals surface area contributed by atoms with E-state index in [9.17, 15) is 13.2 Å². The van der Waals surface area contributed by atoms with Gasteiger partial charge in [-0.2, -0.15) is 0 Å². The van der Waals surface area contributed by atoms with Crippen molar-refractivity contribution in [2.24, 2.45) is 0 Å². The Labute approximate surface area is 119 Å². The van der Waals surface area contributed by atoms with Gasteiger partial charge in [0.1, 0.15) is 0 Å². The second kappa shape index (κ2) is 5.93. The maximum Gasteiger partial charge on any atom is 0.251 e. The largest absolute Gasteiger partial charge is 0.349 e. The SMILES string of the molecule is CCC(C)NS(=O)(=O)c1ccc(C(=O)NC2CC2)cc1. The number of nitrogens with one attached hydrogen (secondary N) is 2. The molecule has 0 spiro atoms. The molecule has 1 saturated carbocycles. The summed E-state index contributed by atoms with van der Waals surface area (Å²) in [7, 11) is -3.51. The number of hydrogen-bond acceptors (Lipinski definition) is 3. The highest BCUT2D eigenvalue weighted by molar-refractivity contribution is 7.89. The highest BCUT2D eigenvalue weighted by Crippen LogP contribution is 2.19. The summed E-state index contributed by atoms with van der Waals surface area (Å²) in [6, 6.07) is 6.20. The van der Waals surface area contributed by atoms with Crippen molar-refractivity contribution in [3.05, 3.63) is 29.8 Å². The number of rotatable bonds is 6. The Morgan fingerprint density at radius 3 is 2.40 bits per heavy atom. The molecule has 110 valence electrons. The monoisotopic (exact) mass is 296 g/mol. The van der Waals surface area contributed by atoms with Gasteiger partial charge in [-0.05, 0) is 50.5 Å². The molecule has 1 aliphatic carbocycles. The van der Waals surface area contributed by atoms with Crippen LogP contribution in [0, 0.1) is 0 Å². The van der Waals surface area contributed by atoms with Crippen LogP contribution in [0.15, 0.2) is 29.2 Å². The van der Waals surface area contributed by atoms with Crippen LogP contribution in [0.4, 0.5) is 0 Å². The van der Waals surface area contributed by atoms with Crippen molar-refractivity contribution in [2.45, 2.75) is 50.1 Å². The molecule has 5 nitrogen and oxygen atoms in total. The first-order valence-electron chi connectivity index (χ1n) is 6.85. The van der Waals surface area contributed by atoms with Crippen molar-refractivity contribution in [1.29, 1.82) is 0 Å². The van der Waals surface area contributed by atoms with Crippen molar-refractivity contribution in [1.82, 2.24) is 10.0 Å². The van der Waals surface area contributed by atoms with E-state index in [2.05, 4.69) is 10.0 Å². The molecular formula is C14H20N2O3S. The summed E-state index contributed by atoms with van der Waals surface area (Å²) in [5, 5.41) is 2.87. The topological polar surface area (TPSA) is 75.3 Å². The Kier molecular flexibility index (Phi) is 4.45. The molecule has 1 aliphatic rings. The second-order valence-electron chi connectivity index (χ2n) is 5.20. The maximum absolute atomic E-state index is 12.1. The summed E-state index contributed by atoms with van der Waals surface area (Å²) in [5.41, 5.74) is 0.486. The molecule has 2 rings (SSSR count). The van der Waals surface area contributed by atoms with Gasteiger partial charge in [0.25, 0.3) is 5.91 Å². The first kappa shape index (κ1) is 15.0. The lowest BCUT2D eigenvalue weighted by Crippen LogP contribution is -2.32. The molecule has 0 radical (unpaired) electrons. The summed E-state index contributed by atoms with van der Waals surface area (Å²) < 4.78 is 26.7. The third kappa shape index (κ3) is 3.80. The minimum atomic E-state index is -3.51. The van der Waals surface area contributed by atoms with Crippen molar-refractivity contribution in [3.8, 4) is 0 Å². The molecule has 6 heteroatoms. The van der Waals surface area contributed by atoms with Gasteiger partial charge in [-0.3, -0.25) is 4.79 Å². The highest BCUT2D eigenvalue weighted by Gasteiger charge is 2.24. The van der Waals surface area contributed by atoms with Crippen LogP contribution in [0.5, 0.6) is 0 Å². The van der Waals surface area contributed by atoms with Crippen LogP contribution in [-0.4, -0.2) is 26.4 Å². The van der Waals surface area contributed by atoms with Crippen LogP contribution in [0.3, 0.4) is 0 Å². The molecular weight excluding hydrogens is 276 g/mol. The second-order valence-corrected chi connectivity index (χ2v) is 6.92. The average molecular weight is 296 g/mol. The van der Waals surface area contributed by atoms with E-state index in [1.165, 1.54) is 12.1 Å². The Hall–Kier alpha value is -1.40. The Morgan fingerprint density at radius 2 is 1.90 bits per heavy atom. The van der Waals surface area contributed by atoms with Gasteiger partial charge in [-0.1, -0.05) is 6.92 Å². The smallest absolute Gasteiger partial charge is 0.251 e. The summed E-state index contributed by atoms with van der Waals surface area (Å²) in [4.78, 5) is 12.0. The van der Waals surface area contributed by atoms with E-state index in [-0.39, 0.29) is 22.9 Å². The number of carbonyl (C=O) groups is 1. The van der Waals surface area contributed by atoms with Gasteiger partial charge in [0, 0.05) is 17.6 Å². The molecule has 1 atom stereocenters. The third-order valence-electron chi connectivity index (χ3n) is 3.31. The van der Waals surface area contributed by atoms with E-state index >= 15 is 0 Å². The van der Waals surface area contributed by atoms with Crippen molar-refractivity contribution in [3.63, 3.8) is 0 Å². The predicted molar refractivity (Wildman–Crippen MR) is 77.0 cm³/mol. The number of hydrogen-bond donors (Lipinski definition) is 2. The zero-order chi connectivity index (χ0) is 14.8. The molecule has 1 aromatic rings. The fourth-order valence-electron chi connectivity index (χ4n) is 1.70. The lowest BCUT2D eigenvalue weighted by molar-refractivity contribution is 0.0951. The fourth-order valence-corrected chi connectivity index (χ4v) is 3.02. The van der Waals surface area contributed by atoms with Crippen molar-refractivity contribution < 1.29 is 13.2 Å². The van der Waals surface area contributed by atoms with Crippen LogP contribution in [0.25, 0.3) is 0 Å². The molecule has 20 heavy (non-hydrogen) atoms. The number of carbonyl (C=O) groups excluding carboxylic acids is 1. The number of amides is 1. The van der Waals surface area contributed by atoms with Crippen LogP contribution in [0.2, 0.25) is 0 Å². The number of benzene rings is 1. The van der Waals surface area contributed by atoms with E-state index in [1.54, 1.807) is 12.1 Å². The van der Waals surface area contributed by atoms with Crippen LogP contribution >= 0.6 is 0 Å². The van der Waals surface area contributed by atoms with Crippen molar-refractivity contribution >= 4 is 15.9 Å². The first-order chi connectivity index (χ1) is 9.42. The summed E-state index contributed by atoms with van der Waals surface area (Å²) in [6.07, 6.45) is 2.77. The quantitative estimate of drug-likeness (QED) is 0.838. The summed E-state index contributed by atoms with van der Waals surface area (Å²) in [5.74, 6) is -0.147. The molecule has 1 unspecified atom stereocenters. The zero-order valence-corrected chi connectivity index (χ0v) is 12.5. The van der Waals surface area contributed by atoms with Gasteiger partial charge in [0.15, 0.2) is 0 Å². The molecule has 0 heterocycles. The first-order valence-corrected chi connectivity index (χ1v) is 8.34. The molecule has 2 N–H and O–H groups in total. The highest BCUT2D eigenvalue weighted by atomic mass is 32.2. The summed E-state index contributed by atoms with van der Waals surface area (Å²) >= 11 is 0. The van der Waals surface area contributed by atoms with E-state index in [0.717, 1.165) is 19.3 Å². The standard InChI is InChI=1S/C14H20N2O3S/c1-3-10(2)16-20(18,19)13-8-4-11(5-9-13)14(17)15-12-6-7-12/h4-5,8-10,12,16H,3,6-7H2,1-2H3,(H,15,17). The van der Waals surface area contributed by atoms with Gasteiger partial charge >= 0.3 is 0 Å². The molecule has 1 amide bonds. The van der Waals surface area contributed by atoms with Crippen LogP contribution in [0.1, 0.15) is 43.5 Å². The predicted octanol–water partition coefficient (Wildman–Crippen LogP) is 1.66. The summed E-state index contributed by atoms with van der Waals surface area (Å²) in [6.45, 7) is 3.73. The minimum Gasteiger partial charge on any atom is -0.349 e. The van der Waals surface area contributed by atoms with Gasteiger partial charge in [-0.15, -0.1) is 0 Å². The normalized spacial score (nSPS) is 16.7. The van der Waals surface area contributed by atoms with Gasteiger partial charge in [-0.25, -0.2) is 13.1 Å². The Bertz CT molecular complexity index is 577. The van der Waals surface area contributed by atoms with E-state index in [4.69, 9.17) is 0 Å². The maximum atomic E-state index is 12.1. The molecule has 0 aromatic heterocycles. The fraction of sp³-hybridized carbons (Fsp3) is 0.500. The lowest BCUT2D eigenvalue weighted by atomic mass is 10.2. The Balaban J connectivity index is 2.08. The Morgan fingerprint density at radius 1 is 1.30 bits per heavy atom. The van der Waals surface area contributed by atoms with E-state index < -0.39 is 10.0 Å². The molecule has 1 fully saturated rings. The van der Waals surface area contributed by atoms with Gasteiger partial charge in [0.2, 0.25) is 10.0 Å². The zero-order valence-electron chi connectivity index (χ0n) is 11.7. The third-order valence-corrected chi connectivity index (χ3v) is 4.91. The van der Waals surface area contributed by atoms with Gasteiger partial charge in [0.05, 0.1) is 4.90 Å². The van der Waals surface area contributed by atoms with Crippen LogP contribution < -0.4 is 10.0 Å². The average Bonchev–Trinajstić information content (AvgIpc) is 3.22. The van der Waals surface area contributed by atoms with Crippen molar-refractivity contribution in [2.75, 3.05) is 0 Å². The van der Waals surface area contributed by atoms with E-state index in [1.807, 2.05) is 13.8 Å². The molecule has 0 aliphatic heterocycles. The lowest BCUT2D eigenvalue weighted by Gasteiger charge is -2.12. The van der Waals surface area contributed by atoms with Crippen LogP contribution in [-0.2, 0) is 10.0 Å². The molecule has 0 saturated heterocycles. The molecule has 0 bridgehead atoms. The minimum absolute atomic E-state index is 0.113. The van der Waals surface area contributed by atoms with Gasteiger partial charge < -0.3 is 5.32 Å². The van der Waals surface area contributed by atoms with E-state index in [0.29, 0.717) is 5.56 Å². The molecule has 1 aromatic carbocycles.